The molecular formula is C18H20O4S2. The molecule has 0 saturated heterocycles. The highest BCUT2D eigenvalue weighted by Gasteiger charge is 2.21. The Morgan fingerprint density at radius 2 is 1.54 bits per heavy atom. The van der Waals surface area contributed by atoms with Gasteiger partial charge in [-0.3, -0.25) is 4.79 Å². The summed E-state index contributed by atoms with van der Waals surface area (Å²) in [5, 5.41) is -0.307. The lowest BCUT2D eigenvalue weighted by molar-refractivity contribution is -0.139. The molecule has 6 heteroatoms. The van der Waals surface area contributed by atoms with E-state index in [1.165, 1.54) is 18.9 Å². The molecule has 0 aliphatic heterocycles. The van der Waals surface area contributed by atoms with E-state index in [0.717, 1.165) is 21.3 Å². The van der Waals surface area contributed by atoms with Crippen LogP contribution in [0, 0.1) is 0 Å². The lowest BCUT2D eigenvalue weighted by Gasteiger charge is -2.14. The Bertz CT molecular complexity index is 676. The van der Waals surface area contributed by atoms with Crippen molar-refractivity contribution in [1.29, 1.82) is 0 Å². The summed E-state index contributed by atoms with van der Waals surface area (Å²) in [7, 11) is 4.68. The van der Waals surface area contributed by atoms with Crippen LogP contribution in [0.3, 0.4) is 0 Å². The van der Waals surface area contributed by atoms with E-state index in [0.29, 0.717) is 5.75 Å². The molecule has 2 rings (SSSR count). The third-order valence-corrected chi connectivity index (χ3v) is 5.69. The molecule has 0 amide bonds. The van der Waals surface area contributed by atoms with Crippen molar-refractivity contribution in [3.05, 3.63) is 48.5 Å². The van der Waals surface area contributed by atoms with E-state index >= 15 is 0 Å². The fourth-order valence-electron chi connectivity index (χ4n) is 1.98. The number of rotatable bonds is 8. The summed E-state index contributed by atoms with van der Waals surface area (Å²) in [5.74, 6) is 1.93. The van der Waals surface area contributed by atoms with Crippen LogP contribution >= 0.6 is 23.5 Å². The second-order valence-corrected chi connectivity index (χ2v) is 7.17. The topological polar surface area (TPSA) is 44.8 Å². The minimum absolute atomic E-state index is 0.238. The van der Waals surface area contributed by atoms with Crippen LogP contribution in [-0.4, -0.2) is 38.3 Å². The molecule has 24 heavy (non-hydrogen) atoms. The lowest BCUT2D eigenvalue weighted by atomic mass is 10.3. The fourth-order valence-corrected chi connectivity index (χ4v) is 4.18. The Kier molecular flexibility index (Phi) is 7.34. The molecule has 0 fully saturated rings. The van der Waals surface area contributed by atoms with E-state index in [1.54, 1.807) is 26.0 Å². The number of esters is 1. The Hall–Kier alpha value is -1.79. The van der Waals surface area contributed by atoms with E-state index in [1.807, 2.05) is 48.5 Å². The second kappa shape index (κ2) is 9.49. The Balaban J connectivity index is 2.06. The van der Waals surface area contributed by atoms with Crippen molar-refractivity contribution in [3.8, 4) is 11.5 Å². The summed E-state index contributed by atoms with van der Waals surface area (Å²) in [6.07, 6.45) is 0. The molecule has 0 spiro atoms. The van der Waals surface area contributed by atoms with Gasteiger partial charge in [-0.25, -0.2) is 0 Å². The van der Waals surface area contributed by atoms with Crippen molar-refractivity contribution >= 4 is 29.5 Å². The van der Waals surface area contributed by atoms with Gasteiger partial charge in [-0.15, -0.1) is 23.5 Å². The van der Waals surface area contributed by atoms with Gasteiger partial charge in [0, 0.05) is 15.5 Å². The van der Waals surface area contributed by atoms with Gasteiger partial charge < -0.3 is 14.2 Å². The summed E-state index contributed by atoms with van der Waals surface area (Å²) in [6.45, 7) is 0. The van der Waals surface area contributed by atoms with Gasteiger partial charge in [0.15, 0.2) is 0 Å². The Morgan fingerprint density at radius 3 is 2.12 bits per heavy atom. The molecule has 4 nitrogen and oxygen atoms in total. The molecule has 2 aromatic carbocycles. The molecule has 1 atom stereocenters. The van der Waals surface area contributed by atoms with Gasteiger partial charge in [0.05, 0.1) is 21.3 Å². The Morgan fingerprint density at radius 1 is 0.958 bits per heavy atom. The average molecular weight is 364 g/mol. The molecular weight excluding hydrogens is 344 g/mol. The van der Waals surface area contributed by atoms with Gasteiger partial charge in [-0.2, -0.15) is 0 Å². The number of carbonyl (C=O) groups excluding carboxylic acids is 1. The predicted molar refractivity (Wildman–Crippen MR) is 98.4 cm³/mol. The second-order valence-electron chi connectivity index (χ2n) is 4.80. The predicted octanol–water partition coefficient (Wildman–Crippen LogP) is 4.13. The lowest BCUT2D eigenvalue weighted by Crippen LogP contribution is -2.21. The maximum Gasteiger partial charge on any atom is 0.320 e. The number of carbonyl (C=O) groups is 1. The number of methoxy groups -OCH3 is 3. The molecule has 0 heterocycles. The number of hydrogen-bond acceptors (Lipinski definition) is 6. The van der Waals surface area contributed by atoms with Crippen molar-refractivity contribution in [2.45, 2.75) is 15.0 Å². The minimum atomic E-state index is -0.307. The number of thioether (sulfide) groups is 2. The summed E-state index contributed by atoms with van der Waals surface area (Å²) in [5.41, 5.74) is 0. The highest BCUT2D eigenvalue weighted by atomic mass is 32.2. The van der Waals surface area contributed by atoms with Gasteiger partial charge in [-0.1, -0.05) is 12.1 Å². The van der Waals surface area contributed by atoms with Crippen LogP contribution in [-0.2, 0) is 9.53 Å². The van der Waals surface area contributed by atoms with Crippen LogP contribution in [0.2, 0.25) is 0 Å². The van der Waals surface area contributed by atoms with Crippen molar-refractivity contribution < 1.29 is 19.0 Å². The first-order chi connectivity index (χ1) is 11.7. The molecule has 0 aliphatic carbocycles. The summed E-state index contributed by atoms with van der Waals surface area (Å²) in [4.78, 5) is 14.1. The van der Waals surface area contributed by atoms with Crippen molar-refractivity contribution in [1.82, 2.24) is 0 Å². The molecule has 0 saturated carbocycles. The van der Waals surface area contributed by atoms with Gasteiger partial charge in [-0.05, 0) is 36.4 Å². The maximum absolute atomic E-state index is 12.1. The number of hydrogen-bond donors (Lipinski definition) is 0. The third kappa shape index (κ3) is 5.39. The molecule has 128 valence electrons. The van der Waals surface area contributed by atoms with Gasteiger partial charge in [0.1, 0.15) is 16.7 Å². The summed E-state index contributed by atoms with van der Waals surface area (Å²) in [6, 6.07) is 15.4. The van der Waals surface area contributed by atoms with Gasteiger partial charge in [0.2, 0.25) is 0 Å². The Labute approximate surface area is 150 Å². The first-order valence-electron chi connectivity index (χ1n) is 7.31. The third-order valence-electron chi connectivity index (χ3n) is 3.23. The molecule has 0 radical (unpaired) electrons. The quantitative estimate of drug-likeness (QED) is 0.518. The van der Waals surface area contributed by atoms with E-state index in [-0.39, 0.29) is 11.2 Å². The van der Waals surface area contributed by atoms with Gasteiger partial charge in [0.25, 0.3) is 0 Å². The van der Waals surface area contributed by atoms with Crippen LogP contribution in [0.1, 0.15) is 0 Å². The molecule has 0 aliphatic rings. The van der Waals surface area contributed by atoms with Crippen molar-refractivity contribution in [2.24, 2.45) is 0 Å². The fraction of sp³-hybridized carbons (Fsp3) is 0.278. The van der Waals surface area contributed by atoms with Crippen molar-refractivity contribution in [3.63, 3.8) is 0 Å². The molecule has 0 aromatic heterocycles. The standard InChI is InChI=1S/C18H20O4S2/c1-20-13-6-4-8-15(10-13)23-12-17(18(19)22-3)24-16-9-5-7-14(11-16)21-2/h4-11,17H,12H2,1-3H3. The SMILES string of the molecule is COC(=O)C(CSc1cccc(OC)c1)Sc1cccc(OC)c1. The van der Waals surface area contributed by atoms with E-state index in [2.05, 4.69) is 0 Å². The van der Waals surface area contributed by atoms with Crippen LogP contribution in [0.4, 0.5) is 0 Å². The zero-order valence-electron chi connectivity index (χ0n) is 13.9. The zero-order chi connectivity index (χ0) is 17.4. The van der Waals surface area contributed by atoms with Crippen LogP contribution in [0.25, 0.3) is 0 Å². The number of ether oxygens (including phenoxy) is 3. The van der Waals surface area contributed by atoms with Crippen LogP contribution in [0.5, 0.6) is 11.5 Å². The summed E-state index contributed by atoms with van der Waals surface area (Å²) >= 11 is 3.07. The van der Waals surface area contributed by atoms with Crippen LogP contribution < -0.4 is 9.47 Å². The smallest absolute Gasteiger partial charge is 0.320 e. The van der Waals surface area contributed by atoms with E-state index in [9.17, 15) is 4.79 Å². The first-order valence-corrected chi connectivity index (χ1v) is 9.18. The molecule has 0 bridgehead atoms. The molecule has 1 unspecified atom stereocenters. The summed E-state index contributed by atoms with van der Waals surface area (Å²) < 4.78 is 15.4. The monoisotopic (exact) mass is 364 g/mol. The normalized spacial score (nSPS) is 11.6. The van der Waals surface area contributed by atoms with E-state index in [4.69, 9.17) is 14.2 Å². The van der Waals surface area contributed by atoms with Crippen LogP contribution in [0.15, 0.2) is 58.3 Å². The number of benzene rings is 2. The van der Waals surface area contributed by atoms with E-state index < -0.39 is 0 Å². The first kappa shape index (κ1) is 18.5. The molecule has 2 aromatic rings. The maximum atomic E-state index is 12.1. The highest BCUT2D eigenvalue weighted by molar-refractivity contribution is 8.04. The van der Waals surface area contributed by atoms with Gasteiger partial charge >= 0.3 is 5.97 Å². The average Bonchev–Trinajstić information content (AvgIpc) is 2.64. The highest BCUT2D eigenvalue weighted by Crippen LogP contribution is 2.32. The molecule has 0 N–H and O–H groups in total. The largest absolute Gasteiger partial charge is 0.497 e. The zero-order valence-corrected chi connectivity index (χ0v) is 15.5. The van der Waals surface area contributed by atoms with Crippen molar-refractivity contribution in [2.75, 3.05) is 27.1 Å². The minimum Gasteiger partial charge on any atom is -0.497 e.